The van der Waals surface area contributed by atoms with E-state index in [1.54, 1.807) is 18.3 Å². The van der Waals surface area contributed by atoms with Gasteiger partial charge < -0.3 is 19.5 Å². The van der Waals surface area contributed by atoms with Gasteiger partial charge in [0.2, 0.25) is 0 Å². The lowest BCUT2D eigenvalue weighted by Crippen LogP contribution is -2.13. The number of nitrogens with zero attached hydrogens (tertiary/aromatic N) is 1. The fourth-order valence-corrected chi connectivity index (χ4v) is 2.23. The summed E-state index contributed by atoms with van der Waals surface area (Å²) in [6, 6.07) is 11.1. The molecule has 6 nitrogen and oxygen atoms in total. The molecule has 0 aliphatic heterocycles. The Balaban J connectivity index is 1.55. The largest absolute Gasteiger partial charge is 0.460 e. The molecular formula is C19H24N2O4. The summed E-state index contributed by atoms with van der Waals surface area (Å²) in [5.74, 6) is -0.347. The lowest BCUT2D eigenvalue weighted by molar-refractivity contribution is 0.0112. The minimum Gasteiger partial charge on any atom is -0.460 e. The van der Waals surface area contributed by atoms with Gasteiger partial charge in [-0.05, 0) is 42.8 Å². The summed E-state index contributed by atoms with van der Waals surface area (Å²) in [5.41, 5.74) is 3.41. The van der Waals surface area contributed by atoms with Crippen molar-refractivity contribution in [3.8, 4) is 0 Å². The highest BCUT2D eigenvalue weighted by atomic mass is 16.6. The van der Waals surface area contributed by atoms with E-state index in [2.05, 4.69) is 10.3 Å². The molecule has 0 fully saturated rings. The highest BCUT2D eigenvalue weighted by Gasteiger charge is 2.08. The van der Waals surface area contributed by atoms with Gasteiger partial charge in [-0.1, -0.05) is 6.07 Å². The number of carbonyl (C=O) groups is 1. The average molecular weight is 344 g/mol. The van der Waals surface area contributed by atoms with Crippen LogP contribution in [0, 0.1) is 6.92 Å². The van der Waals surface area contributed by atoms with Crippen LogP contribution in [0.1, 0.15) is 21.6 Å². The summed E-state index contributed by atoms with van der Waals surface area (Å²) in [6.07, 6.45) is 1.73. The Morgan fingerprint density at radius 3 is 2.60 bits per heavy atom. The van der Waals surface area contributed by atoms with Crippen molar-refractivity contribution < 1.29 is 19.0 Å². The molecule has 2 rings (SSSR count). The third-order valence-electron chi connectivity index (χ3n) is 3.54. The maximum atomic E-state index is 12.0. The second-order valence-corrected chi connectivity index (χ2v) is 5.40. The number of hydrogen-bond acceptors (Lipinski definition) is 6. The molecule has 0 saturated carbocycles. The van der Waals surface area contributed by atoms with Crippen LogP contribution < -0.4 is 5.32 Å². The van der Waals surface area contributed by atoms with E-state index >= 15 is 0 Å². The Morgan fingerprint density at radius 2 is 1.88 bits per heavy atom. The number of aromatic nitrogens is 1. The molecule has 0 radical (unpaired) electrons. The number of carbonyl (C=O) groups excluding carboxylic acids is 1. The molecule has 0 aliphatic rings. The van der Waals surface area contributed by atoms with E-state index < -0.39 is 0 Å². The fourth-order valence-electron chi connectivity index (χ4n) is 2.23. The normalized spacial score (nSPS) is 10.5. The zero-order valence-corrected chi connectivity index (χ0v) is 14.7. The molecule has 0 spiro atoms. The Bertz CT molecular complexity index is 662. The van der Waals surface area contributed by atoms with Crippen molar-refractivity contribution in [3.05, 3.63) is 59.4 Å². The molecule has 1 aromatic carbocycles. The molecular weight excluding hydrogens is 320 g/mol. The highest BCUT2D eigenvalue weighted by molar-refractivity contribution is 5.90. The molecule has 25 heavy (non-hydrogen) atoms. The smallest absolute Gasteiger partial charge is 0.338 e. The molecule has 1 heterocycles. The molecule has 0 atom stereocenters. The lowest BCUT2D eigenvalue weighted by Gasteiger charge is -2.09. The van der Waals surface area contributed by atoms with Crippen LogP contribution in [-0.4, -0.2) is 44.4 Å². The maximum absolute atomic E-state index is 12.0. The van der Waals surface area contributed by atoms with E-state index in [1.807, 2.05) is 38.2 Å². The standard InChI is InChI=1S/C19H24N2O4/c1-15-13-16(6-7-18(15)20-2)19(22)25-12-11-23-9-10-24-14-17-5-3-4-8-21-17/h3-8,13,20H,9-12,14H2,1-2H3. The van der Waals surface area contributed by atoms with Gasteiger partial charge in [0.15, 0.2) is 0 Å². The van der Waals surface area contributed by atoms with Crippen LogP contribution in [0.3, 0.4) is 0 Å². The van der Waals surface area contributed by atoms with E-state index in [1.165, 1.54) is 0 Å². The van der Waals surface area contributed by atoms with Gasteiger partial charge in [-0.2, -0.15) is 0 Å². The number of esters is 1. The van der Waals surface area contributed by atoms with Crippen LogP contribution in [0.5, 0.6) is 0 Å². The molecule has 0 amide bonds. The molecule has 0 bridgehead atoms. The zero-order chi connectivity index (χ0) is 17.9. The Kier molecular flexibility index (Phi) is 7.88. The Hall–Kier alpha value is -2.44. The van der Waals surface area contributed by atoms with Crippen molar-refractivity contribution in [1.82, 2.24) is 4.98 Å². The second kappa shape index (κ2) is 10.4. The zero-order valence-electron chi connectivity index (χ0n) is 14.7. The quantitative estimate of drug-likeness (QED) is 0.528. The Morgan fingerprint density at radius 1 is 1.08 bits per heavy atom. The summed E-state index contributed by atoms with van der Waals surface area (Å²) in [6.45, 7) is 3.87. The second-order valence-electron chi connectivity index (χ2n) is 5.40. The van der Waals surface area contributed by atoms with E-state index in [0.29, 0.717) is 32.0 Å². The third kappa shape index (κ3) is 6.52. The van der Waals surface area contributed by atoms with Gasteiger partial charge in [-0.3, -0.25) is 4.98 Å². The molecule has 1 aromatic heterocycles. The minimum atomic E-state index is -0.347. The highest BCUT2D eigenvalue weighted by Crippen LogP contribution is 2.16. The summed E-state index contributed by atoms with van der Waals surface area (Å²) in [4.78, 5) is 16.1. The van der Waals surface area contributed by atoms with Gasteiger partial charge in [0.05, 0.1) is 37.7 Å². The number of aryl methyl sites for hydroxylation is 1. The number of ether oxygens (including phenoxy) is 3. The van der Waals surface area contributed by atoms with Crippen molar-refractivity contribution in [2.75, 3.05) is 38.8 Å². The van der Waals surface area contributed by atoms with Crippen molar-refractivity contribution in [2.45, 2.75) is 13.5 Å². The topological polar surface area (TPSA) is 69.7 Å². The van der Waals surface area contributed by atoms with Gasteiger partial charge in [-0.25, -0.2) is 4.79 Å². The van der Waals surface area contributed by atoms with Gasteiger partial charge in [-0.15, -0.1) is 0 Å². The van der Waals surface area contributed by atoms with Gasteiger partial charge >= 0.3 is 5.97 Å². The number of hydrogen-bond donors (Lipinski definition) is 1. The van der Waals surface area contributed by atoms with Gasteiger partial charge in [0.1, 0.15) is 6.61 Å². The van der Waals surface area contributed by atoms with E-state index in [-0.39, 0.29) is 12.6 Å². The molecule has 1 N–H and O–H groups in total. The van der Waals surface area contributed by atoms with Crippen LogP contribution >= 0.6 is 0 Å². The van der Waals surface area contributed by atoms with Gasteiger partial charge in [0.25, 0.3) is 0 Å². The number of pyridine rings is 1. The van der Waals surface area contributed by atoms with Crippen molar-refractivity contribution in [1.29, 1.82) is 0 Å². The minimum absolute atomic E-state index is 0.214. The monoisotopic (exact) mass is 344 g/mol. The summed E-state index contributed by atoms with van der Waals surface area (Å²) in [5, 5.41) is 3.06. The molecule has 134 valence electrons. The Labute approximate surface area is 148 Å². The fraction of sp³-hybridized carbons (Fsp3) is 0.368. The van der Waals surface area contributed by atoms with Crippen LogP contribution in [0.4, 0.5) is 5.69 Å². The molecule has 0 saturated heterocycles. The number of nitrogens with one attached hydrogen (secondary N) is 1. The van der Waals surface area contributed by atoms with Crippen LogP contribution in [-0.2, 0) is 20.8 Å². The first-order valence-electron chi connectivity index (χ1n) is 8.21. The first-order chi connectivity index (χ1) is 12.2. The number of benzene rings is 1. The molecule has 2 aromatic rings. The summed E-state index contributed by atoms with van der Waals surface area (Å²) >= 11 is 0. The predicted molar refractivity (Wildman–Crippen MR) is 95.7 cm³/mol. The first kappa shape index (κ1) is 18.9. The first-order valence-corrected chi connectivity index (χ1v) is 8.21. The molecule has 0 aliphatic carbocycles. The van der Waals surface area contributed by atoms with Crippen molar-refractivity contribution in [2.24, 2.45) is 0 Å². The van der Waals surface area contributed by atoms with Crippen LogP contribution in [0.2, 0.25) is 0 Å². The third-order valence-corrected chi connectivity index (χ3v) is 3.54. The average Bonchev–Trinajstić information content (AvgIpc) is 2.64. The lowest BCUT2D eigenvalue weighted by atomic mass is 10.1. The van der Waals surface area contributed by atoms with Crippen molar-refractivity contribution >= 4 is 11.7 Å². The summed E-state index contributed by atoms with van der Waals surface area (Å²) in [7, 11) is 1.84. The van der Waals surface area contributed by atoms with E-state index in [4.69, 9.17) is 14.2 Å². The van der Waals surface area contributed by atoms with Crippen LogP contribution in [0.15, 0.2) is 42.6 Å². The van der Waals surface area contributed by atoms with Gasteiger partial charge in [0, 0.05) is 18.9 Å². The predicted octanol–water partition coefficient (Wildman–Crippen LogP) is 2.82. The number of rotatable bonds is 10. The summed E-state index contributed by atoms with van der Waals surface area (Å²) < 4.78 is 16.0. The van der Waals surface area contributed by atoms with E-state index in [9.17, 15) is 4.79 Å². The van der Waals surface area contributed by atoms with Crippen LogP contribution in [0.25, 0.3) is 0 Å². The maximum Gasteiger partial charge on any atom is 0.338 e. The number of anilines is 1. The van der Waals surface area contributed by atoms with E-state index in [0.717, 1.165) is 16.9 Å². The SMILES string of the molecule is CNc1ccc(C(=O)OCCOCCOCc2ccccn2)cc1C. The molecule has 0 unspecified atom stereocenters. The van der Waals surface area contributed by atoms with Crippen molar-refractivity contribution in [3.63, 3.8) is 0 Å². The molecule has 6 heteroatoms.